The molecule has 2 nitrogen and oxygen atoms in total. The molecule has 0 amide bonds. The first-order chi connectivity index (χ1) is 7.40. The molecule has 0 fully saturated rings. The summed E-state index contributed by atoms with van der Waals surface area (Å²) < 4.78 is 5.25. The molecule has 0 bridgehead atoms. The molecule has 0 radical (unpaired) electrons. The topological polar surface area (TPSA) is 35.2 Å². The lowest BCUT2D eigenvalue weighted by Crippen LogP contribution is -2.07. The molecule has 0 spiro atoms. The Morgan fingerprint density at radius 1 is 0.867 bits per heavy atom. The van der Waals surface area contributed by atoms with Crippen LogP contribution in [0.5, 0.6) is 5.75 Å². The van der Waals surface area contributed by atoms with Crippen molar-refractivity contribution in [1.29, 1.82) is 0 Å². The van der Waals surface area contributed by atoms with E-state index in [0.29, 0.717) is 0 Å². The van der Waals surface area contributed by atoms with Crippen molar-refractivity contribution in [1.82, 2.24) is 0 Å². The summed E-state index contributed by atoms with van der Waals surface area (Å²) in [6, 6.07) is 18.1. The smallest absolute Gasteiger partial charge is 0.137 e. The fourth-order valence-electron chi connectivity index (χ4n) is 1.49. The molecule has 0 aliphatic heterocycles. The molecule has 0 aromatic heterocycles. The first kappa shape index (κ1) is 9.74. The minimum atomic E-state index is 0.207. The van der Waals surface area contributed by atoms with Crippen LogP contribution in [0.2, 0.25) is 0 Å². The minimum Gasteiger partial charge on any atom is -0.479 e. The Labute approximate surface area is 89.3 Å². The first-order valence-electron chi connectivity index (χ1n) is 4.88. The van der Waals surface area contributed by atoms with Crippen LogP contribution in [0, 0.1) is 0 Å². The Morgan fingerprint density at radius 3 is 2.33 bits per heavy atom. The molecule has 0 heterocycles. The highest BCUT2D eigenvalue weighted by Gasteiger charge is 1.98. The van der Waals surface area contributed by atoms with E-state index >= 15 is 0 Å². The molecule has 0 aliphatic carbocycles. The summed E-state index contributed by atoms with van der Waals surface area (Å²) in [6.45, 7) is 0.207. The van der Waals surface area contributed by atoms with Gasteiger partial charge in [-0.05, 0) is 23.3 Å². The van der Waals surface area contributed by atoms with Crippen LogP contribution in [-0.2, 0) is 0 Å². The van der Waals surface area contributed by atoms with Crippen LogP contribution in [0.4, 0.5) is 0 Å². The molecular weight excluding hydrogens is 186 g/mol. The standard InChI is InChI=1S/C13H13NO/c14-10-15-13-8-4-7-12(9-13)11-5-2-1-3-6-11/h1-9H,10,14H2. The van der Waals surface area contributed by atoms with Crippen LogP contribution in [0.15, 0.2) is 54.6 Å². The third kappa shape index (κ3) is 2.36. The normalized spacial score (nSPS) is 9.93. The van der Waals surface area contributed by atoms with E-state index in [0.717, 1.165) is 11.3 Å². The second-order valence-corrected chi connectivity index (χ2v) is 3.20. The first-order valence-corrected chi connectivity index (χ1v) is 4.88. The minimum absolute atomic E-state index is 0.207. The van der Waals surface area contributed by atoms with Crippen molar-refractivity contribution in [2.45, 2.75) is 0 Å². The van der Waals surface area contributed by atoms with Crippen LogP contribution in [0.25, 0.3) is 11.1 Å². The van der Waals surface area contributed by atoms with Gasteiger partial charge in [-0.25, -0.2) is 0 Å². The van der Waals surface area contributed by atoms with Crippen LogP contribution < -0.4 is 10.5 Å². The molecule has 0 aliphatic rings. The van der Waals surface area contributed by atoms with Gasteiger partial charge in [0, 0.05) is 0 Å². The van der Waals surface area contributed by atoms with E-state index < -0.39 is 0 Å². The van der Waals surface area contributed by atoms with E-state index in [9.17, 15) is 0 Å². The second-order valence-electron chi connectivity index (χ2n) is 3.20. The summed E-state index contributed by atoms with van der Waals surface area (Å²) >= 11 is 0. The van der Waals surface area contributed by atoms with Crippen molar-refractivity contribution in [3.8, 4) is 16.9 Å². The summed E-state index contributed by atoms with van der Waals surface area (Å²) in [6.07, 6.45) is 0. The average molecular weight is 199 g/mol. The van der Waals surface area contributed by atoms with Gasteiger partial charge in [-0.15, -0.1) is 0 Å². The highest BCUT2D eigenvalue weighted by Crippen LogP contribution is 2.23. The highest BCUT2D eigenvalue weighted by molar-refractivity contribution is 5.64. The zero-order chi connectivity index (χ0) is 10.5. The summed E-state index contributed by atoms with van der Waals surface area (Å²) in [5.41, 5.74) is 7.65. The summed E-state index contributed by atoms with van der Waals surface area (Å²) in [7, 11) is 0. The molecule has 2 aromatic rings. The second kappa shape index (κ2) is 4.62. The van der Waals surface area contributed by atoms with Gasteiger partial charge in [-0.3, -0.25) is 5.73 Å². The fourth-order valence-corrected chi connectivity index (χ4v) is 1.49. The zero-order valence-corrected chi connectivity index (χ0v) is 8.39. The quantitative estimate of drug-likeness (QED) is 0.771. The predicted molar refractivity (Wildman–Crippen MR) is 61.6 cm³/mol. The molecule has 76 valence electrons. The van der Waals surface area contributed by atoms with Crippen molar-refractivity contribution in [3.05, 3.63) is 54.6 Å². The van der Waals surface area contributed by atoms with E-state index in [1.54, 1.807) is 0 Å². The highest BCUT2D eigenvalue weighted by atomic mass is 16.5. The average Bonchev–Trinajstić information content (AvgIpc) is 2.31. The molecule has 0 saturated carbocycles. The van der Waals surface area contributed by atoms with Gasteiger partial charge < -0.3 is 4.74 Å². The Balaban J connectivity index is 2.33. The van der Waals surface area contributed by atoms with Crippen molar-refractivity contribution in [2.24, 2.45) is 5.73 Å². The van der Waals surface area contributed by atoms with Crippen molar-refractivity contribution in [3.63, 3.8) is 0 Å². The predicted octanol–water partition coefficient (Wildman–Crippen LogP) is 2.65. The van der Waals surface area contributed by atoms with E-state index in [2.05, 4.69) is 18.2 Å². The van der Waals surface area contributed by atoms with Crippen LogP contribution in [0.1, 0.15) is 0 Å². The van der Waals surface area contributed by atoms with Crippen LogP contribution >= 0.6 is 0 Å². The van der Waals surface area contributed by atoms with Gasteiger partial charge in [-0.1, -0.05) is 42.5 Å². The molecule has 2 heteroatoms. The number of rotatable bonds is 3. The number of ether oxygens (including phenoxy) is 1. The van der Waals surface area contributed by atoms with Gasteiger partial charge in [0.05, 0.1) is 0 Å². The maximum atomic E-state index is 5.33. The SMILES string of the molecule is NCOc1cccc(-c2ccccc2)c1. The summed E-state index contributed by atoms with van der Waals surface area (Å²) in [4.78, 5) is 0. The van der Waals surface area contributed by atoms with E-state index in [1.165, 1.54) is 5.56 Å². The molecule has 0 saturated heterocycles. The van der Waals surface area contributed by atoms with Gasteiger partial charge in [0.1, 0.15) is 12.5 Å². The maximum Gasteiger partial charge on any atom is 0.137 e. The van der Waals surface area contributed by atoms with E-state index in [4.69, 9.17) is 10.5 Å². The molecule has 2 rings (SSSR count). The largest absolute Gasteiger partial charge is 0.479 e. The van der Waals surface area contributed by atoms with Crippen LogP contribution in [-0.4, -0.2) is 6.73 Å². The lowest BCUT2D eigenvalue weighted by molar-refractivity contribution is 0.330. The number of hydrogen-bond acceptors (Lipinski definition) is 2. The maximum absolute atomic E-state index is 5.33. The molecule has 2 N–H and O–H groups in total. The van der Waals surface area contributed by atoms with Crippen molar-refractivity contribution in [2.75, 3.05) is 6.73 Å². The van der Waals surface area contributed by atoms with Gasteiger partial charge in [0.15, 0.2) is 0 Å². The fraction of sp³-hybridized carbons (Fsp3) is 0.0769. The zero-order valence-electron chi connectivity index (χ0n) is 8.39. The lowest BCUT2D eigenvalue weighted by atomic mass is 10.1. The summed E-state index contributed by atoms with van der Waals surface area (Å²) in [5.74, 6) is 0.804. The number of hydrogen-bond donors (Lipinski definition) is 1. The molecule has 2 aromatic carbocycles. The number of benzene rings is 2. The Morgan fingerprint density at radius 2 is 1.60 bits per heavy atom. The van der Waals surface area contributed by atoms with Gasteiger partial charge in [0.2, 0.25) is 0 Å². The molecule has 0 unspecified atom stereocenters. The van der Waals surface area contributed by atoms with Gasteiger partial charge in [0.25, 0.3) is 0 Å². The van der Waals surface area contributed by atoms with Gasteiger partial charge >= 0.3 is 0 Å². The van der Waals surface area contributed by atoms with E-state index in [1.807, 2.05) is 36.4 Å². The Hall–Kier alpha value is -1.80. The van der Waals surface area contributed by atoms with Crippen molar-refractivity contribution >= 4 is 0 Å². The molecular formula is C13H13NO. The van der Waals surface area contributed by atoms with Crippen LogP contribution in [0.3, 0.4) is 0 Å². The monoisotopic (exact) mass is 199 g/mol. The molecule has 0 atom stereocenters. The third-order valence-corrected chi connectivity index (χ3v) is 2.19. The third-order valence-electron chi connectivity index (χ3n) is 2.19. The molecule has 15 heavy (non-hydrogen) atoms. The number of nitrogens with two attached hydrogens (primary N) is 1. The Bertz CT molecular complexity index is 426. The summed E-state index contributed by atoms with van der Waals surface area (Å²) in [5, 5.41) is 0. The lowest BCUT2D eigenvalue weighted by Gasteiger charge is -2.05. The van der Waals surface area contributed by atoms with Gasteiger partial charge in [-0.2, -0.15) is 0 Å². The van der Waals surface area contributed by atoms with E-state index in [-0.39, 0.29) is 6.73 Å². The Kier molecular flexibility index (Phi) is 3.00. The van der Waals surface area contributed by atoms with Crippen molar-refractivity contribution < 1.29 is 4.74 Å².